The molecule has 0 saturated heterocycles. The minimum atomic E-state index is -1.00. The molecule has 0 aliphatic heterocycles. The van der Waals surface area contributed by atoms with Crippen LogP contribution in [-0.2, 0) is 12.8 Å². The van der Waals surface area contributed by atoms with Gasteiger partial charge in [-0.15, -0.1) is 0 Å². The van der Waals surface area contributed by atoms with Crippen molar-refractivity contribution in [1.82, 2.24) is 9.97 Å². The highest BCUT2D eigenvalue weighted by molar-refractivity contribution is 5.88. The Morgan fingerprint density at radius 3 is 2.62 bits per heavy atom. The molecule has 32 heavy (non-hydrogen) atoms. The summed E-state index contributed by atoms with van der Waals surface area (Å²) in [6.45, 7) is 7.32. The van der Waals surface area contributed by atoms with Crippen LogP contribution in [0.2, 0.25) is 0 Å². The number of ether oxygens (including phenoxy) is 1. The number of rotatable bonds is 11. The van der Waals surface area contributed by atoms with Gasteiger partial charge in [0.1, 0.15) is 12.4 Å². The average Bonchev–Trinajstić information content (AvgIpc) is 2.78. The van der Waals surface area contributed by atoms with Crippen LogP contribution in [0.15, 0.2) is 54.7 Å². The molecule has 0 fully saturated rings. The number of nitrogens with one attached hydrogen (secondary N) is 1. The molecular weight excluding hydrogens is 402 g/mol. The van der Waals surface area contributed by atoms with E-state index in [0.717, 1.165) is 24.2 Å². The average molecular weight is 434 g/mol. The number of aromatic carboxylic acids is 1. The first-order valence-corrected chi connectivity index (χ1v) is 11.0. The van der Waals surface area contributed by atoms with E-state index >= 15 is 0 Å². The normalized spacial score (nSPS) is 10.9. The Kier molecular flexibility index (Phi) is 8.20. The summed E-state index contributed by atoms with van der Waals surface area (Å²) in [5, 5.41) is 12.6. The number of hydrogen-bond acceptors (Lipinski definition) is 5. The smallest absolute Gasteiger partial charge is 0.339 e. The summed E-state index contributed by atoms with van der Waals surface area (Å²) in [5.74, 6) is 0.732. The summed E-state index contributed by atoms with van der Waals surface area (Å²) in [6, 6.07) is 16.4. The van der Waals surface area contributed by atoms with Gasteiger partial charge in [-0.05, 0) is 54.9 Å². The lowest BCUT2D eigenvalue weighted by atomic mass is 10.0. The molecule has 0 aliphatic rings. The first-order chi connectivity index (χ1) is 15.4. The van der Waals surface area contributed by atoms with Crippen molar-refractivity contribution in [1.29, 1.82) is 0 Å². The second kappa shape index (κ2) is 11.3. The number of carbonyl (C=O) groups is 1. The van der Waals surface area contributed by atoms with Crippen LogP contribution in [0.1, 0.15) is 58.9 Å². The molecular formula is C26H31N3O3. The predicted molar refractivity (Wildman–Crippen MR) is 127 cm³/mol. The molecule has 3 aromatic rings. The van der Waals surface area contributed by atoms with E-state index in [1.54, 1.807) is 0 Å². The molecule has 1 heterocycles. The van der Waals surface area contributed by atoms with Crippen molar-refractivity contribution in [3.8, 4) is 5.75 Å². The highest BCUT2D eigenvalue weighted by atomic mass is 16.5. The van der Waals surface area contributed by atoms with Crippen molar-refractivity contribution < 1.29 is 14.6 Å². The van der Waals surface area contributed by atoms with Crippen LogP contribution in [0.3, 0.4) is 0 Å². The van der Waals surface area contributed by atoms with Gasteiger partial charge < -0.3 is 15.2 Å². The van der Waals surface area contributed by atoms with Crippen LogP contribution in [0, 0.1) is 6.92 Å². The maximum Gasteiger partial charge on any atom is 0.339 e. The molecule has 0 amide bonds. The van der Waals surface area contributed by atoms with Crippen molar-refractivity contribution >= 4 is 11.9 Å². The van der Waals surface area contributed by atoms with E-state index in [4.69, 9.17) is 4.74 Å². The molecule has 2 N–H and O–H groups in total. The molecule has 6 heteroatoms. The standard InChI is InChI=1S/C26H31N3O3/c1-18(2)21-13-12-19(3)24(16-21)32-15-14-27-26-28-17-22(25(30)31)23(29-26)11-7-10-20-8-5-4-6-9-20/h4-6,8-9,12-13,16-18H,7,10-11,14-15H2,1-3H3,(H,30,31)(H,27,28,29). The van der Waals surface area contributed by atoms with Gasteiger partial charge in [-0.3, -0.25) is 0 Å². The molecule has 6 nitrogen and oxygen atoms in total. The van der Waals surface area contributed by atoms with Gasteiger partial charge in [0.15, 0.2) is 0 Å². The van der Waals surface area contributed by atoms with Crippen LogP contribution in [0.25, 0.3) is 0 Å². The Hall–Kier alpha value is -3.41. The van der Waals surface area contributed by atoms with Crippen LogP contribution < -0.4 is 10.1 Å². The largest absolute Gasteiger partial charge is 0.491 e. The van der Waals surface area contributed by atoms with Crippen LogP contribution in [-0.4, -0.2) is 34.2 Å². The third-order valence-electron chi connectivity index (χ3n) is 5.34. The highest BCUT2D eigenvalue weighted by Gasteiger charge is 2.13. The number of carboxylic acid groups (broad SMARTS) is 1. The monoisotopic (exact) mass is 433 g/mol. The predicted octanol–water partition coefficient (Wildman–Crippen LogP) is 5.27. The lowest BCUT2D eigenvalue weighted by molar-refractivity contribution is 0.0694. The third-order valence-corrected chi connectivity index (χ3v) is 5.34. The van der Waals surface area contributed by atoms with Crippen molar-refractivity contribution in [2.75, 3.05) is 18.5 Å². The number of aromatic nitrogens is 2. The van der Waals surface area contributed by atoms with Gasteiger partial charge in [-0.1, -0.05) is 56.3 Å². The third kappa shape index (κ3) is 6.54. The van der Waals surface area contributed by atoms with Gasteiger partial charge in [0.25, 0.3) is 0 Å². The Bertz CT molecular complexity index is 1040. The molecule has 0 radical (unpaired) electrons. The number of benzene rings is 2. The number of nitrogens with zero attached hydrogens (tertiary/aromatic N) is 2. The van der Waals surface area contributed by atoms with E-state index in [9.17, 15) is 9.90 Å². The molecule has 1 aromatic heterocycles. The van der Waals surface area contributed by atoms with Gasteiger partial charge in [0, 0.05) is 6.20 Å². The topological polar surface area (TPSA) is 84.3 Å². The fourth-order valence-electron chi connectivity index (χ4n) is 3.43. The molecule has 3 rings (SSSR count). The minimum Gasteiger partial charge on any atom is -0.491 e. The Morgan fingerprint density at radius 2 is 1.91 bits per heavy atom. The molecule has 2 aromatic carbocycles. The van der Waals surface area contributed by atoms with Crippen molar-refractivity contribution in [3.63, 3.8) is 0 Å². The summed E-state index contributed by atoms with van der Waals surface area (Å²) < 4.78 is 5.94. The van der Waals surface area contributed by atoms with E-state index in [1.807, 2.05) is 25.1 Å². The molecule has 0 unspecified atom stereocenters. The zero-order chi connectivity index (χ0) is 22.9. The molecule has 0 bridgehead atoms. The minimum absolute atomic E-state index is 0.154. The highest BCUT2D eigenvalue weighted by Crippen LogP contribution is 2.24. The Labute approximate surface area is 189 Å². The SMILES string of the molecule is Cc1ccc(C(C)C)cc1OCCNc1ncc(C(=O)O)c(CCCc2ccccc2)n1. The Balaban J connectivity index is 1.56. The van der Waals surface area contributed by atoms with Gasteiger partial charge in [-0.2, -0.15) is 0 Å². The van der Waals surface area contributed by atoms with Gasteiger partial charge in [0.2, 0.25) is 5.95 Å². The fraction of sp³-hybridized carbons (Fsp3) is 0.346. The van der Waals surface area contributed by atoms with Crippen molar-refractivity contribution in [3.05, 3.63) is 82.7 Å². The van der Waals surface area contributed by atoms with Crippen molar-refractivity contribution in [2.45, 2.75) is 46.0 Å². The molecule has 0 saturated carbocycles. The fourth-order valence-corrected chi connectivity index (χ4v) is 3.43. The molecule has 168 valence electrons. The van der Waals surface area contributed by atoms with Gasteiger partial charge in [-0.25, -0.2) is 14.8 Å². The van der Waals surface area contributed by atoms with Gasteiger partial charge in [0.05, 0.1) is 17.8 Å². The van der Waals surface area contributed by atoms with E-state index in [-0.39, 0.29) is 5.56 Å². The summed E-state index contributed by atoms with van der Waals surface area (Å²) in [4.78, 5) is 20.2. The number of anilines is 1. The number of hydrogen-bond donors (Lipinski definition) is 2. The second-order valence-electron chi connectivity index (χ2n) is 8.15. The van der Waals surface area contributed by atoms with E-state index < -0.39 is 5.97 Å². The summed E-state index contributed by atoms with van der Waals surface area (Å²) >= 11 is 0. The van der Waals surface area contributed by atoms with Crippen LogP contribution >= 0.6 is 0 Å². The van der Waals surface area contributed by atoms with Gasteiger partial charge >= 0.3 is 5.97 Å². The molecule has 0 aliphatic carbocycles. The number of aryl methyl sites for hydroxylation is 3. The Morgan fingerprint density at radius 1 is 1.12 bits per heavy atom. The van der Waals surface area contributed by atoms with E-state index in [0.29, 0.717) is 37.1 Å². The lowest BCUT2D eigenvalue weighted by Crippen LogP contribution is -2.16. The summed E-state index contributed by atoms with van der Waals surface area (Å²) in [7, 11) is 0. The zero-order valence-corrected chi connectivity index (χ0v) is 19.0. The maximum absolute atomic E-state index is 11.6. The number of carboxylic acids is 1. The second-order valence-corrected chi connectivity index (χ2v) is 8.15. The van der Waals surface area contributed by atoms with E-state index in [1.165, 1.54) is 17.3 Å². The molecule has 0 spiro atoms. The quantitative estimate of drug-likeness (QED) is 0.401. The van der Waals surface area contributed by atoms with Crippen molar-refractivity contribution in [2.24, 2.45) is 0 Å². The molecule has 0 atom stereocenters. The lowest BCUT2D eigenvalue weighted by Gasteiger charge is -2.13. The first kappa shape index (κ1) is 23.3. The first-order valence-electron chi connectivity index (χ1n) is 11.0. The zero-order valence-electron chi connectivity index (χ0n) is 19.0. The maximum atomic E-state index is 11.6. The summed E-state index contributed by atoms with van der Waals surface area (Å²) in [5.41, 5.74) is 4.27. The van der Waals surface area contributed by atoms with Crippen LogP contribution in [0.5, 0.6) is 5.75 Å². The van der Waals surface area contributed by atoms with E-state index in [2.05, 4.69) is 59.5 Å². The summed E-state index contributed by atoms with van der Waals surface area (Å²) in [6.07, 6.45) is 3.64. The van der Waals surface area contributed by atoms with Crippen LogP contribution in [0.4, 0.5) is 5.95 Å².